The van der Waals surface area contributed by atoms with E-state index < -0.39 is 11.9 Å². The van der Waals surface area contributed by atoms with Gasteiger partial charge in [-0.25, -0.2) is 4.39 Å². The Bertz CT molecular complexity index is 785. The first-order valence-electron chi connectivity index (χ1n) is 5.86. The third kappa shape index (κ3) is 2.46. The van der Waals surface area contributed by atoms with Crippen LogP contribution in [0, 0.1) is 5.82 Å². The molecule has 0 aliphatic heterocycles. The number of furan rings is 1. The molecule has 1 aromatic heterocycles. The van der Waals surface area contributed by atoms with E-state index in [-0.39, 0.29) is 11.3 Å². The van der Waals surface area contributed by atoms with Gasteiger partial charge in [0.1, 0.15) is 23.3 Å². The average molecular weight is 356 g/mol. The van der Waals surface area contributed by atoms with E-state index in [0.717, 1.165) is 5.39 Å². The lowest BCUT2D eigenvalue weighted by Crippen LogP contribution is -2.01. The predicted octanol–water partition coefficient (Wildman–Crippen LogP) is 5.07. The molecule has 1 N–H and O–H groups in total. The summed E-state index contributed by atoms with van der Waals surface area (Å²) < 4.78 is 20.0. The largest absolute Gasteiger partial charge is 0.458 e. The maximum Gasteiger partial charge on any atom is 0.139 e. The lowest BCUT2D eigenvalue weighted by atomic mass is 10.1. The molecule has 0 amide bonds. The summed E-state index contributed by atoms with van der Waals surface area (Å²) in [6.07, 6.45) is -1.16. The molecule has 1 unspecified atom stereocenters. The Morgan fingerprint density at radius 3 is 2.70 bits per heavy atom. The number of aliphatic hydroxyl groups is 1. The van der Waals surface area contributed by atoms with Crippen LogP contribution >= 0.6 is 27.5 Å². The van der Waals surface area contributed by atoms with Crippen LogP contribution < -0.4 is 0 Å². The van der Waals surface area contributed by atoms with Gasteiger partial charge in [0.2, 0.25) is 0 Å². The Kier molecular flexibility index (Phi) is 3.54. The summed E-state index contributed by atoms with van der Waals surface area (Å²) in [6, 6.07) is 11.3. The second-order valence-corrected chi connectivity index (χ2v) is 5.75. The molecule has 2 nitrogen and oxygen atoms in total. The minimum Gasteiger partial charge on any atom is -0.458 e. The molecule has 5 heteroatoms. The van der Waals surface area contributed by atoms with Crippen LogP contribution in [0.5, 0.6) is 0 Å². The molecular formula is C15H9BrClFO2. The van der Waals surface area contributed by atoms with Gasteiger partial charge in [-0.2, -0.15) is 0 Å². The monoisotopic (exact) mass is 354 g/mol. The number of aliphatic hydroxyl groups excluding tert-OH is 1. The fraction of sp³-hybridized carbons (Fsp3) is 0.0667. The highest BCUT2D eigenvalue weighted by Crippen LogP contribution is 2.31. The number of benzene rings is 2. The zero-order chi connectivity index (χ0) is 14.3. The molecule has 1 heterocycles. The van der Waals surface area contributed by atoms with Gasteiger partial charge >= 0.3 is 0 Å². The molecular weight excluding hydrogens is 347 g/mol. The van der Waals surface area contributed by atoms with Crippen molar-refractivity contribution in [2.75, 3.05) is 0 Å². The summed E-state index contributed by atoms with van der Waals surface area (Å²) in [5, 5.41) is 11.6. The van der Waals surface area contributed by atoms with Crippen LogP contribution in [0.25, 0.3) is 11.0 Å². The molecule has 0 spiro atoms. The van der Waals surface area contributed by atoms with Crippen molar-refractivity contribution in [1.82, 2.24) is 0 Å². The first-order valence-corrected chi connectivity index (χ1v) is 7.04. The second-order valence-electron chi connectivity index (χ2n) is 4.40. The topological polar surface area (TPSA) is 33.4 Å². The standard InChI is InChI=1S/C15H9BrClFO2/c16-9-1-3-11(12(18)7-9)15(19)14-6-8-5-10(17)2-4-13(8)20-14/h1-7,15,19H. The van der Waals surface area contributed by atoms with E-state index in [1.165, 1.54) is 12.1 Å². The molecule has 3 aromatic rings. The molecule has 0 radical (unpaired) electrons. The van der Waals surface area contributed by atoms with Crippen LogP contribution in [-0.2, 0) is 0 Å². The maximum absolute atomic E-state index is 13.9. The van der Waals surface area contributed by atoms with Gasteiger partial charge < -0.3 is 9.52 Å². The van der Waals surface area contributed by atoms with E-state index in [0.29, 0.717) is 15.1 Å². The van der Waals surface area contributed by atoms with Crippen molar-refractivity contribution < 1.29 is 13.9 Å². The van der Waals surface area contributed by atoms with E-state index in [9.17, 15) is 9.50 Å². The first kappa shape index (κ1) is 13.6. The molecule has 2 aromatic carbocycles. The summed E-state index contributed by atoms with van der Waals surface area (Å²) in [6.45, 7) is 0. The number of fused-ring (bicyclic) bond motifs is 1. The zero-order valence-corrected chi connectivity index (χ0v) is 12.5. The minimum atomic E-state index is -1.16. The number of rotatable bonds is 2. The van der Waals surface area contributed by atoms with E-state index in [1.807, 2.05) is 0 Å². The highest BCUT2D eigenvalue weighted by Gasteiger charge is 2.19. The van der Waals surface area contributed by atoms with Crippen LogP contribution in [0.2, 0.25) is 5.02 Å². The highest BCUT2D eigenvalue weighted by atomic mass is 79.9. The van der Waals surface area contributed by atoms with Gasteiger partial charge in [0.05, 0.1) is 0 Å². The summed E-state index contributed by atoms with van der Waals surface area (Å²) in [4.78, 5) is 0. The quantitative estimate of drug-likeness (QED) is 0.696. The van der Waals surface area contributed by atoms with Crippen LogP contribution in [0.3, 0.4) is 0 Å². The Hall–Kier alpha value is -1.36. The molecule has 0 fully saturated rings. The van der Waals surface area contributed by atoms with Crippen LogP contribution in [-0.4, -0.2) is 5.11 Å². The third-order valence-corrected chi connectivity index (χ3v) is 3.75. The van der Waals surface area contributed by atoms with E-state index >= 15 is 0 Å². The van der Waals surface area contributed by atoms with Crippen molar-refractivity contribution in [2.45, 2.75) is 6.10 Å². The van der Waals surface area contributed by atoms with Crippen molar-refractivity contribution >= 4 is 38.5 Å². The summed E-state index contributed by atoms with van der Waals surface area (Å²) >= 11 is 9.08. The highest BCUT2D eigenvalue weighted by molar-refractivity contribution is 9.10. The second kappa shape index (κ2) is 5.20. The fourth-order valence-electron chi connectivity index (χ4n) is 2.05. The van der Waals surface area contributed by atoms with Gasteiger partial charge in [0.15, 0.2) is 0 Å². The fourth-order valence-corrected chi connectivity index (χ4v) is 2.56. The maximum atomic E-state index is 13.9. The Morgan fingerprint density at radius 1 is 1.15 bits per heavy atom. The van der Waals surface area contributed by atoms with Gasteiger partial charge in [-0.05, 0) is 36.4 Å². The summed E-state index contributed by atoms with van der Waals surface area (Å²) in [5.74, 6) is -0.214. The molecule has 1 atom stereocenters. The molecule has 20 heavy (non-hydrogen) atoms. The molecule has 0 aliphatic rings. The lowest BCUT2D eigenvalue weighted by molar-refractivity contribution is 0.187. The molecule has 0 aliphatic carbocycles. The smallest absolute Gasteiger partial charge is 0.139 e. The number of hydrogen-bond donors (Lipinski definition) is 1. The van der Waals surface area contributed by atoms with Crippen molar-refractivity contribution in [3.63, 3.8) is 0 Å². The molecule has 0 saturated heterocycles. The average Bonchev–Trinajstić information content (AvgIpc) is 2.81. The number of halogens is 3. The summed E-state index contributed by atoms with van der Waals surface area (Å²) in [5.41, 5.74) is 0.763. The Balaban J connectivity index is 2.05. The van der Waals surface area contributed by atoms with Gasteiger partial charge in [0, 0.05) is 20.4 Å². The van der Waals surface area contributed by atoms with E-state index in [1.54, 1.807) is 30.3 Å². The zero-order valence-electron chi connectivity index (χ0n) is 10.1. The van der Waals surface area contributed by atoms with E-state index in [4.69, 9.17) is 16.0 Å². The predicted molar refractivity (Wildman–Crippen MR) is 79.4 cm³/mol. The first-order chi connectivity index (χ1) is 9.54. The van der Waals surface area contributed by atoms with Gasteiger partial charge in [0.25, 0.3) is 0 Å². The van der Waals surface area contributed by atoms with Crippen LogP contribution in [0.1, 0.15) is 17.4 Å². The summed E-state index contributed by atoms with van der Waals surface area (Å²) in [7, 11) is 0. The third-order valence-electron chi connectivity index (χ3n) is 3.02. The molecule has 102 valence electrons. The number of hydrogen-bond acceptors (Lipinski definition) is 2. The van der Waals surface area contributed by atoms with E-state index in [2.05, 4.69) is 15.9 Å². The Labute approximate surface area is 127 Å². The Morgan fingerprint density at radius 2 is 1.95 bits per heavy atom. The van der Waals surface area contributed by atoms with Crippen molar-refractivity contribution in [3.8, 4) is 0 Å². The SMILES string of the molecule is OC(c1cc2cc(Cl)ccc2o1)c1ccc(Br)cc1F. The van der Waals surface area contributed by atoms with Gasteiger partial charge in [-0.15, -0.1) is 0 Å². The normalized spacial score (nSPS) is 12.8. The van der Waals surface area contributed by atoms with Crippen molar-refractivity contribution in [1.29, 1.82) is 0 Å². The van der Waals surface area contributed by atoms with Gasteiger partial charge in [-0.1, -0.05) is 33.6 Å². The van der Waals surface area contributed by atoms with Crippen molar-refractivity contribution in [3.05, 3.63) is 69.1 Å². The van der Waals surface area contributed by atoms with Crippen molar-refractivity contribution in [2.24, 2.45) is 0 Å². The minimum absolute atomic E-state index is 0.165. The van der Waals surface area contributed by atoms with Crippen LogP contribution in [0.15, 0.2) is 51.4 Å². The molecule has 0 saturated carbocycles. The van der Waals surface area contributed by atoms with Crippen LogP contribution in [0.4, 0.5) is 4.39 Å². The van der Waals surface area contributed by atoms with Gasteiger partial charge in [-0.3, -0.25) is 0 Å². The molecule has 0 bridgehead atoms. The molecule has 3 rings (SSSR count). The lowest BCUT2D eigenvalue weighted by Gasteiger charge is -2.09.